The van der Waals surface area contributed by atoms with E-state index in [2.05, 4.69) is 31.5 Å². The molecule has 0 aliphatic heterocycles. The fourth-order valence-electron chi connectivity index (χ4n) is 2.32. The number of benzene rings is 2. The van der Waals surface area contributed by atoms with Crippen molar-refractivity contribution in [2.45, 2.75) is 13.1 Å². The van der Waals surface area contributed by atoms with Crippen molar-refractivity contribution in [3.05, 3.63) is 70.1 Å². The van der Waals surface area contributed by atoms with E-state index in [9.17, 15) is 9.18 Å². The zero-order valence-electron chi connectivity index (χ0n) is 12.2. The van der Waals surface area contributed by atoms with E-state index in [1.54, 1.807) is 6.07 Å². The number of para-hydroxylation sites is 1. The van der Waals surface area contributed by atoms with Gasteiger partial charge >= 0.3 is 6.03 Å². The Morgan fingerprint density at radius 2 is 1.87 bits per heavy atom. The van der Waals surface area contributed by atoms with Gasteiger partial charge in [0, 0.05) is 22.2 Å². The van der Waals surface area contributed by atoms with Crippen molar-refractivity contribution in [1.29, 1.82) is 0 Å². The number of urea groups is 1. The smallest absolute Gasteiger partial charge is 0.315 e. The predicted molar refractivity (Wildman–Crippen MR) is 91.5 cm³/mol. The Bertz CT molecular complexity index is 814. The number of halogens is 2. The third kappa shape index (κ3) is 3.90. The first kappa shape index (κ1) is 15.6. The summed E-state index contributed by atoms with van der Waals surface area (Å²) in [6.07, 6.45) is 0. The van der Waals surface area contributed by atoms with E-state index >= 15 is 0 Å². The lowest BCUT2D eigenvalue weighted by molar-refractivity contribution is 0.240. The minimum absolute atomic E-state index is 0.247. The first-order valence-corrected chi connectivity index (χ1v) is 7.93. The van der Waals surface area contributed by atoms with Crippen LogP contribution in [0.3, 0.4) is 0 Å². The Hall–Kier alpha value is -2.34. The van der Waals surface area contributed by atoms with E-state index in [4.69, 9.17) is 0 Å². The minimum atomic E-state index is -0.330. The van der Waals surface area contributed by atoms with Gasteiger partial charge in [-0.3, -0.25) is 0 Å². The molecule has 0 aliphatic rings. The Morgan fingerprint density at radius 3 is 2.70 bits per heavy atom. The Balaban J connectivity index is 1.54. The summed E-state index contributed by atoms with van der Waals surface area (Å²) in [6, 6.07) is 14.0. The second kappa shape index (κ2) is 6.83. The third-order valence-corrected chi connectivity index (χ3v) is 4.25. The van der Waals surface area contributed by atoms with Crippen molar-refractivity contribution in [2.24, 2.45) is 0 Å². The number of aromatic nitrogens is 1. The van der Waals surface area contributed by atoms with Crippen LogP contribution < -0.4 is 10.6 Å². The number of carbonyl (C=O) groups is 1. The summed E-state index contributed by atoms with van der Waals surface area (Å²) >= 11 is 3.33. The molecule has 0 bridgehead atoms. The highest BCUT2D eigenvalue weighted by Crippen LogP contribution is 2.17. The zero-order valence-corrected chi connectivity index (χ0v) is 13.8. The molecule has 3 N–H and O–H groups in total. The average Bonchev–Trinajstić information content (AvgIpc) is 2.96. The summed E-state index contributed by atoms with van der Waals surface area (Å²) in [5, 5.41) is 6.59. The van der Waals surface area contributed by atoms with Crippen molar-refractivity contribution in [3.8, 4) is 0 Å². The monoisotopic (exact) mass is 375 g/mol. The van der Waals surface area contributed by atoms with Crippen LogP contribution in [0.25, 0.3) is 10.9 Å². The molecule has 0 unspecified atom stereocenters. The Kier molecular flexibility index (Phi) is 4.62. The van der Waals surface area contributed by atoms with Crippen LogP contribution in [0.2, 0.25) is 0 Å². The van der Waals surface area contributed by atoms with Crippen molar-refractivity contribution in [3.63, 3.8) is 0 Å². The van der Waals surface area contributed by atoms with Crippen LogP contribution >= 0.6 is 15.9 Å². The molecule has 2 aromatic carbocycles. The van der Waals surface area contributed by atoms with E-state index in [1.807, 2.05) is 30.3 Å². The van der Waals surface area contributed by atoms with Crippen LogP contribution in [0.1, 0.15) is 11.3 Å². The second-order valence-electron chi connectivity index (χ2n) is 5.15. The molecule has 4 nitrogen and oxygen atoms in total. The van der Waals surface area contributed by atoms with E-state index < -0.39 is 0 Å². The van der Waals surface area contributed by atoms with Gasteiger partial charge in [0.05, 0.1) is 6.54 Å². The fraction of sp³-hybridized carbons (Fsp3) is 0.118. The van der Waals surface area contributed by atoms with Crippen LogP contribution in [0.4, 0.5) is 9.18 Å². The molecule has 0 saturated heterocycles. The molecule has 0 aliphatic carbocycles. The molecule has 0 radical (unpaired) electrons. The average molecular weight is 376 g/mol. The lowest BCUT2D eigenvalue weighted by Crippen LogP contribution is -2.34. The zero-order chi connectivity index (χ0) is 16.2. The predicted octanol–water partition coefficient (Wildman–Crippen LogP) is 4.07. The number of hydrogen-bond acceptors (Lipinski definition) is 1. The molecular formula is C17H15BrFN3O. The maximum absolute atomic E-state index is 13.2. The number of fused-ring (bicyclic) bond motifs is 1. The fourth-order valence-corrected chi connectivity index (χ4v) is 2.71. The van der Waals surface area contributed by atoms with Gasteiger partial charge in [0.15, 0.2) is 0 Å². The van der Waals surface area contributed by atoms with Gasteiger partial charge in [0.1, 0.15) is 5.82 Å². The highest BCUT2D eigenvalue weighted by atomic mass is 79.9. The summed E-state index contributed by atoms with van der Waals surface area (Å²) in [7, 11) is 0. The van der Waals surface area contributed by atoms with Gasteiger partial charge < -0.3 is 15.6 Å². The number of H-pyrrole nitrogens is 1. The highest BCUT2D eigenvalue weighted by molar-refractivity contribution is 9.10. The molecule has 6 heteroatoms. The van der Waals surface area contributed by atoms with Crippen LogP contribution in [0.5, 0.6) is 0 Å². The molecular weight excluding hydrogens is 361 g/mol. The van der Waals surface area contributed by atoms with E-state index in [0.29, 0.717) is 12.1 Å². The maximum Gasteiger partial charge on any atom is 0.315 e. The van der Waals surface area contributed by atoms with Crippen LogP contribution in [0.15, 0.2) is 53.0 Å². The minimum Gasteiger partial charge on any atom is -0.357 e. The SMILES string of the molecule is O=C(NCc1cc2ccccc2[nH]1)NCc1cc(F)ccc1Br. The number of rotatable bonds is 4. The van der Waals surface area contributed by atoms with Crippen LogP contribution in [0, 0.1) is 5.82 Å². The molecule has 3 aromatic rings. The molecule has 0 fully saturated rings. The Labute approximate surface area is 141 Å². The summed E-state index contributed by atoms with van der Waals surface area (Å²) in [4.78, 5) is 15.1. The number of hydrogen-bond donors (Lipinski definition) is 3. The molecule has 1 heterocycles. The molecule has 0 saturated carbocycles. The van der Waals surface area contributed by atoms with Gasteiger partial charge in [-0.2, -0.15) is 0 Å². The maximum atomic E-state index is 13.2. The highest BCUT2D eigenvalue weighted by Gasteiger charge is 2.06. The molecule has 0 atom stereocenters. The van der Waals surface area contributed by atoms with Crippen molar-refractivity contribution < 1.29 is 9.18 Å². The number of aromatic amines is 1. The summed E-state index contributed by atoms with van der Waals surface area (Å²) in [5.41, 5.74) is 2.65. The lowest BCUT2D eigenvalue weighted by atomic mass is 10.2. The van der Waals surface area contributed by atoms with Gasteiger partial charge in [0.25, 0.3) is 0 Å². The summed E-state index contributed by atoms with van der Waals surface area (Å²) in [6.45, 7) is 0.641. The van der Waals surface area contributed by atoms with Crippen molar-refractivity contribution in [1.82, 2.24) is 15.6 Å². The topological polar surface area (TPSA) is 56.9 Å². The van der Waals surface area contributed by atoms with Gasteiger partial charge in [0.2, 0.25) is 0 Å². The van der Waals surface area contributed by atoms with E-state index in [0.717, 1.165) is 21.1 Å². The Morgan fingerprint density at radius 1 is 1.09 bits per heavy atom. The van der Waals surface area contributed by atoms with Gasteiger partial charge in [-0.25, -0.2) is 9.18 Å². The number of amides is 2. The third-order valence-electron chi connectivity index (χ3n) is 3.47. The largest absolute Gasteiger partial charge is 0.357 e. The van der Waals surface area contributed by atoms with Crippen LogP contribution in [-0.2, 0) is 13.1 Å². The van der Waals surface area contributed by atoms with Gasteiger partial charge in [-0.1, -0.05) is 34.1 Å². The normalized spacial score (nSPS) is 10.7. The molecule has 118 valence electrons. The van der Waals surface area contributed by atoms with Crippen molar-refractivity contribution in [2.75, 3.05) is 0 Å². The summed E-state index contributed by atoms with van der Waals surface area (Å²) < 4.78 is 13.9. The lowest BCUT2D eigenvalue weighted by Gasteiger charge is -2.08. The second-order valence-corrected chi connectivity index (χ2v) is 6.01. The number of carbonyl (C=O) groups excluding carboxylic acids is 1. The molecule has 1 aromatic heterocycles. The molecule has 0 spiro atoms. The van der Waals surface area contributed by atoms with Gasteiger partial charge in [-0.15, -0.1) is 0 Å². The molecule has 23 heavy (non-hydrogen) atoms. The first-order chi connectivity index (χ1) is 11.1. The summed E-state index contributed by atoms with van der Waals surface area (Å²) in [5.74, 6) is -0.330. The molecule has 2 amide bonds. The quantitative estimate of drug-likeness (QED) is 0.632. The van der Waals surface area contributed by atoms with Gasteiger partial charge in [-0.05, 0) is 41.3 Å². The molecule has 3 rings (SSSR count). The standard InChI is InChI=1S/C17H15BrFN3O/c18-15-6-5-13(19)7-12(15)9-20-17(23)21-10-14-8-11-3-1-2-4-16(11)22-14/h1-8,22H,9-10H2,(H2,20,21,23). The van der Waals surface area contributed by atoms with Crippen molar-refractivity contribution >= 4 is 32.9 Å². The number of nitrogens with one attached hydrogen (secondary N) is 3. The van der Waals surface area contributed by atoms with E-state index in [-0.39, 0.29) is 18.4 Å². The van der Waals surface area contributed by atoms with E-state index in [1.165, 1.54) is 12.1 Å². The first-order valence-electron chi connectivity index (χ1n) is 7.14. The van der Waals surface area contributed by atoms with Crippen LogP contribution in [-0.4, -0.2) is 11.0 Å².